The molecule has 0 atom stereocenters. The van der Waals surface area contributed by atoms with Crippen LogP contribution >= 0.6 is 11.3 Å². The molecule has 3 aromatic carbocycles. The van der Waals surface area contributed by atoms with Gasteiger partial charge in [-0.2, -0.15) is 0 Å². The van der Waals surface area contributed by atoms with E-state index in [1.807, 2.05) is 31.2 Å². The molecule has 0 radical (unpaired) electrons. The van der Waals surface area contributed by atoms with Crippen LogP contribution in [0.3, 0.4) is 0 Å². The first-order chi connectivity index (χ1) is 16.2. The van der Waals surface area contributed by atoms with Gasteiger partial charge in [0.1, 0.15) is 5.01 Å². The van der Waals surface area contributed by atoms with Gasteiger partial charge in [-0.15, -0.1) is 11.3 Å². The van der Waals surface area contributed by atoms with Crippen molar-refractivity contribution in [3.05, 3.63) is 83.4 Å². The highest BCUT2D eigenvalue weighted by molar-refractivity contribution is 7.89. The van der Waals surface area contributed by atoms with E-state index in [0.29, 0.717) is 11.3 Å². The van der Waals surface area contributed by atoms with Gasteiger partial charge >= 0.3 is 5.97 Å². The van der Waals surface area contributed by atoms with Crippen LogP contribution in [0.15, 0.2) is 66.7 Å². The highest BCUT2D eigenvalue weighted by Gasteiger charge is 2.13. The Morgan fingerprint density at radius 1 is 1.03 bits per heavy atom. The van der Waals surface area contributed by atoms with Crippen LogP contribution in [0.25, 0.3) is 20.8 Å². The van der Waals surface area contributed by atoms with E-state index < -0.39 is 28.3 Å². The number of sulfone groups is 1. The fraction of sp³-hybridized carbons (Fsp3) is 0.160. The number of aryl methyl sites for hydroxylation is 1. The molecule has 0 aliphatic heterocycles. The molecule has 1 aromatic heterocycles. The number of hydrogen-bond acceptors (Lipinski definition) is 7. The average Bonchev–Trinajstić information content (AvgIpc) is 3.20. The van der Waals surface area contributed by atoms with Crippen LogP contribution < -0.4 is 5.32 Å². The van der Waals surface area contributed by atoms with Crippen molar-refractivity contribution in [2.24, 2.45) is 0 Å². The van der Waals surface area contributed by atoms with Crippen molar-refractivity contribution in [2.45, 2.75) is 12.7 Å². The molecule has 0 saturated carbocycles. The van der Waals surface area contributed by atoms with Crippen molar-refractivity contribution < 1.29 is 22.7 Å². The lowest BCUT2D eigenvalue weighted by atomic mass is 10.1. The highest BCUT2D eigenvalue weighted by Crippen LogP contribution is 2.31. The predicted octanol–water partition coefficient (Wildman–Crippen LogP) is 4.61. The molecule has 9 heteroatoms. The van der Waals surface area contributed by atoms with E-state index in [1.165, 1.54) is 17.7 Å². The van der Waals surface area contributed by atoms with E-state index in [4.69, 9.17) is 4.74 Å². The zero-order valence-electron chi connectivity index (χ0n) is 18.6. The molecule has 0 unspecified atom stereocenters. The summed E-state index contributed by atoms with van der Waals surface area (Å²) in [5.74, 6) is -1.36. The molecule has 0 aliphatic rings. The van der Waals surface area contributed by atoms with E-state index in [2.05, 4.69) is 16.4 Å². The quantitative estimate of drug-likeness (QED) is 0.376. The Hall–Kier alpha value is -3.56. The number of thiazole rings is 1. The van der Waals surface area contributed by atoms with E-state index in [1.54, 1.807) is 35.6 Å². The van der Waals surface area contributed by atoms with Crippen molar-refractivity contribution >= 4 is 49.0 Å². The number of fused-ring (bicyclic) bond motifs is 1. The maximum atomic E-state index is 12.3. The number of benzene rings is 3. The first-order valence-electron chi connectivity index (χ1n) is 10.4. The third-order valence-corrected chi connectivity index (χ3v) is 6.81. The van der Waals surface area contributed by atoms with E-state index in [9.17, 15) is 18.0 Å². The largest absolute Gasteiger partial charge is 0.452 e. The molecule has 1 amide bonds. The van der Waals surface area contributed by atoms with Crippen LogP contribution in [0.1, 0.15) is 21.5 Å². The van der Waals surface area contributed by atoms with E-state index >= 15 is 0 Å². The van der Waals surface area contributed by atoms with Crippen LogP contribution in [0.5, 0.6) is 0 Å². The Morgan fingerprint density at radius 3 is 2.53 bits per heavy atom. The topological polar surface area (TPSA) is 102 Å². The van der Waals surface area contributed by atoms with E-state index in [-0.39, 0.29) is 11.3 Å². The molecule has 34 heavy (non-hydrogen) atoms. The summed E-state index contributed by atoms with van der Waals surface area (Å²) in [5, 5.41) is 3.59. The highest BCUT2D eigenvalue weighted by atomic mass is 32.2. The lowest BCUT2D eigenvalue weighted by Gasteiger charge is -2.08. The monoisotopic (exact) mass is 494 g/mol. The van der Waals surface area contributed by atoms with Gasteiger partial charge in [-0.3, -0.25) is 4.79 Å². The number of amides is 1. The van der Waals surface area contributed by atoms with Crippen molar-refractivity contribution in [1.82, 2.24) is 4.98 Å². The average molecular weight is 495 g/mol. The number of ether oxygens (including phenoxy) is 1. The molecule has 0 saturated heterocycles. The van der Waals surface area contributed by atoms with Gasteiger partial charge in [0.2, 0.25) is 0 Å². The molecular weight excluding hydrogens is 472 g/mol. The summed E-state index contributed by atoms with van der Waals surface area (Å²) in [6.45, 7) is 1.58. The second kappa shape index (κ2) is 9.74. The number of esters is 1. The summed E-state index contributed by atoms with van der Waals surface area (Å²) in [7, 11) is -3.23. The molecule has 4 aromatic rings. The summed E-state index contributed by atoms with van der Waals surface area (Å²) in [5.41, 5.74) is 4.30. The Morgan fingerprint density at radius 2 is 1.79 bits per heavy atom. The van der Waals surface area contributed by atoms with Gasteiger partial charge in [0.05, 0.1) is 21.5 Å². The number of nitrogens with one attached hydrogen (secondary N) is 1. The Bertz CT molecular complexity index is 1470. The van der Waals surface area contributed by atoms with E-state index in [0.717, 1.165) is 27.0 Å². The van der Waals surface area contributed by atoms with Crippen molar-refractivity contribution in [3.8, 4) is 10.6 Å². The van der Waals surface area contributed by atoms with Crippen LogP contribution in [0.2, 0.25) is 0 Å². The molecule has 0 aliphatic carbocycles. The third kappa shape index (κ3) is 6.06. The standard InChI is InChI=1S/C25H22N2O5S2/c1-16-6-11-21-22(12-16)33-24(27-21)18-7-9-20(10-8-18)26-23(28)14-32-25(29)19-5-3-4-17(13-19)15-34(2,30)31/h3-13H,14-15H2,1-2H3,(H,26,28). The predicted molar refractivity (Wildman–Crippen MR) is 134 cm³/mol. The number of aromatic nitrogens is 1. The number of carbonyl (C=O) groups is 2. The SMILES string of the molecule is Cc1ccc2nc(-c3ccc(NC(=O)COC(=O)c4cccc(CS(C)(=O)=O)c4)cc3)sc2c1. The molecule has 1 N–H and O–H groups in total. The van der Waals surface area contributed by atoms with Gasteiger partial charge in [0.15, 0.2) is 16.4 Å². The van der Waals surface area contributed by atoms with Crippen molar-refractivity contribution in [3.63, 3.8) is 0 Å². The number of rotatable bonds is 7. The van der Waals surface area contributed by atoms with Gasteiger partial charge in [-0.05, 0) is 66.6 Å². The number of nitrogens with zero attached hydrogens (tertiary/aromatic N) is 1. The van der Waals surface area contributed by atoms with Gasteiger partial charge in [-0.1, -0.05) is 18.2 Å². The smallest absolute Gasteiger partial charge is 0.338 e. The van der Waals surface area contributed by atoms with Crippen LogP contribution in [-0.4, -0.2) is 38.1 Å². The zero-order chi connectivity index (χ0) is 24.3. The normalized spacial score (nSPS) is 11.4. The molecule has 0 fully saturated rings. The fourth-order valence-electron chi connectivity index (χ4n) is 3.35. The molecule has 7 nitrogen and oxygen atoms in total. The number of anilines is 1. The first kappa shape index (κ1) is 23.6. The van der Waals surface area contributed by atoms with Gasteiger partial charge in [0.25, 0.3) is 5.91 Å². The fourth-order valence-corrected chi connectivity index (χ4v) is 5.21. The second-order valence-corrected chi connectivity index (χ2v) is 11.1. The summed E-state index contributed by atoms with van der Waals surface area (Å²) in [6, 6.07) is 19.6. The van der Waals surface area contributed by atoms with Crippen LogP contribution in [0, 0.1) is 6.92 Å². The third-order valence-electron chi connectivity index (χ3n) is 4.89. The number of hydrogen-bond donors (Lipinski definition) is 1. The summed E-state index contributed by atoms with van der Waals surface area (Å²) in [6.07, 6.45) is 1.12. The maximum absolute atomic E-state index is 12.3. The summed E-state index contributed by atoms with van der Waals surface area (Å²) in [4.78, 5) is 29.1. The van der Waals surface area contributed by atoms with Gasteiger partial charge < -0.3 is 10.1 Å². The Labute approximate surface area is 201 Å². The minimum absolute atomic E-state index is 0.179. The summed E-state index contributed by atoms with van der Waals surface area (Å²) >= 11 is 1.61. The lowest BCUT2D eigenvalue weighted by molar-refractivity contribution is -0.119. The molecule has 174 valence electrons. The zero-order valence-corrected chi connectivity index (χ0v) is 20.2. The Kier molecular flexibility index (Phi) is 6.76. The first-order valence-corrected chi connectivity index (χ1v) is 13.3. The second-order valence-electron chi connectivity index (χ2n) is 7.96. The number of carbonyl (C=O) groups excluding carboxylic acids is 2. The Balaban J connectivity index is 1.34. The van der Waals surface area contributed by atoms with Crippen LogP contribution in [-0.2, 0) is 25.1 Å². The molecule has 0 bridgehead atoms. The minimum Gasteiger partial charge on any atom is -0.452 e. The molecule has 0 spiro atoms. The van der Waals surface area contributed by atoms with Crippen LogP contribution in [0.4, 0.5) is 5.69 Å². The van der Waals surface area contributed by atoms with Gasteiger partial charge in [0, 0.05) is 17.5 Å². The minimum atomic E-state index is -3.23. The molecule has 1 heterocycles. The molecule has 4 rings (SSSR count). The summed E-state index contributed by atoms with van der Waals surface area (Å²) < 4.78 is 29.1. The molecular formula is C25H22N2O5S2. The van der Waals surface area contributed by atoms with Crippen molar-refractivity contribution in [1.29, 1.82) is 0 Å². The van der Waals surface area contributed by atoms with Crippen molar-refractivity contribution in [2.75, 3.05) is 18.2 Å². The maximum Gasteiger partial charge on any atom is 0.338 e. The van der Waals surface area contributed by atoms with Gasteiger partial charge in [-0.25, -0.2) is 18.2 Å². The lowest BCUT2D eigenvalue weighted by Crippen LogP contribution is -2.21.